The minimum Gasteiger partial charge on any atom is -0.304 e. The van der Waals surface area contributed by atoms with E-state index >= 15 is 0 Å². The largest absolute Gasteiger partial charge is 0.304 e. The maximum Gasteiger partial charge on any atom is 0.128 e. The van der Waals surface area contributed by atoms with Crippen LogP contribution in [0, 0.1) is 18.6 Å². The molecule has 0 aliphatic rings. The summed E-state index contributed by atoms with van der Waals surface area (Å²) in [6.07, 6.45) is 0. The highest BCUT2D eigenvalue weighted by Crippen LogP contribution is 2.24. The molecule has 2 atom stereocenters. The number of benzene rings is 2. The van der Waals surface area contributed by atoms with E-state index in [2.05, 4.69) is 5.32 Å². The number of hydrogen-bond donors (Lipinski definition) is 1. The molecule has 21 heavy (non-hydrogen) atoms. The first-order valence-electron chi connectivity index (χ1n) is 6.85. The van der Waals surface area contributed by atoms with Crippen LogP contribution >= 0.6 is 11.6 Å². The van der Waals surface area contributed by atoms with E-state index in [0.717, 1.165) is 5.56 Å². The summed E-state index contributed by atoms with van der Waals surface area (Å²) in [5, 5.41) is 3.92. The SMILES string of the molecule is Cc1cc(F)c(C(C)N[C@@H](C)c2cccc(Cl)c2)cc1F. The number of nitrogens with one attached hydrogen (secondary N) is 1. The van der Waals surface area contributed by atoms with Crippen LogP contribution in [0.3, 0.4) is 0 Å². The molecular formula is C17H18ClF2N. The molecule has 2 aromatic rings. The second-order valence-corrected chi connectivity index (χ2v) is 5.72. The van der Waals surface area contributed by atoms with Crippen molar-refractivity contribution < 1.29 is 8.78 Å². The van der Waals surface area contributed by atoms with Gasteiger partial charge < -0.3 is 5.32 Å². The molecule has 2 aromatic carbocycles. The highest BCUT2D eigenvalue weighted by atomic mass is 35.5. The number of hydrogen-bond acceptors (Lipinski definition) is 1. The molecule has 0 aliphatic carbocycles. The maximum atomic E-state index is 14.0. The quantitative estimate of drug-likeness (QED) is 0.804. The van der Waals surface area contributed by atoms with Gasteiger partial charge in [-0.1, -0.05) is 23.7 Å². The van der Waals surface area contributed by atoms with E-state index in [1.54, 1.807) is 13.0 Å². The molecular weight excluding hydrogens is 292 g/mol. The van der Waals surface area contributed by atoms with Crippen LogP contribution < -0.4 is 5.32 Å². The molecule has 0 radical (unpaired) electrons. The highest BCUT2D eigenvalue weighted by Gasteiger charge is 2.16. The zero-order valence-corrected chi connectivity index (χ0v) is 13.0. The minimum absolute atomic E-state index is 0.0255. The second kappa shape index (κ2) is 6.54. The summed E-state index contributed by atoms with van der Waals surface area (Å²) in [6.45, 7) is 5.33. The average Bonchev–Trinajstić information content (AvgIpc) is 2.42. The number of aryl methyl sites for hydroxylation is 1. The molecule has 1 unspecified atom stereocenters. The summed E-state index contributed by atoms with van der Waals surface area (Å²) in [4.78, 5) is 0. The maximum absolute atomic E-state index is 14.0. The predicted molar refractivity (Wildman–Crippen MR) is 82.5 cm³/mol. The number of rotatable bonds is 4. The zero-order chi connectivity index (χ0) is 15.6. The summed E-state index contributed by atoms with van der Waals surface area (Å²) in [5.41, 5.74) is 1.64. The van der Waals surface area contributed by atoms with Gasteiger partial charge in [0.05, 0.1) is 0 Å². The first-order valence-corrected chi connectivity index (χ1v) is 7.23. The molecule has 0 aromatic heterocycles. The van der Waals surface area contributed by atoms with Crippen LogP contribution in [-0.2, 0) is 0 Å². The third kappa shape index (κ3) is 3.80. The van der Waals surface area contributed by atoms with E-state index in [4.69, 9.17) is 11.6 Å². The summed E-state index contributed by atoms with van der Waals surface area (Å²) in [5.74, 6) is -0.789. The summed E-state index contributed by atoms with van der Waals surface area (Å²) in [7, 11) is 0. The topological polar surface area (TPSA) is 12.0 Å². The van der Waals surface area contributed by atoms with E-state index < -0.39 is 11.6 Å². The van der Waals surface area contributed by atoms with E-state index in [1.807, 2.05) is 32.0 Å². The van der Waals surface area contributed by atoms with Gasteiger partial charge in [-0.05, 0) is 56.2 Å². The van der Waals surface area contributed by atoms with Crippen molar-refractivity contribution in [2.45, 2.75) is 32.9 Å². The average molecular weight is 310 g/mol. The van der Waals surface area contributed by atoms with Crippen molar-refractivity contribution in [3.8, 4) is 0 Å². The number of halogens is 3. The van der Waals surface area contributed by atoms with Crippen molar-refractivity contribution in [1.29, 1.82) is 0 Å². The first kappa shape index (κ1) is 15.9. The van der Waals surface area contributed by atoms with E-state index in [9.17, 15) is 8.78 Å². The van der Waals surface area contributed by atoms with Crippen LogP contribution in [0.15, 0.2) is 36.4 Å². The fourth-order valence-electron chi connectivity index (χ4n) is 2.33. The molecule has 0 saturated carbocycles. The van der Waals surface area contributed by atoms with Gasteiger partial charge in [-0.15, -0.1) is 0 Å². The predicted octanol–water partition coefficient (Wildman–Crippen LogP) is 5.34. The Balaban J connectivity index is 2.18. The lowest BCUT2D eigenvalue weighted by Crippen LogP contribution is -2.23. The molecule has 112 valence electrons. The smallest absolute Gasteiger partial charge is 0.128 e. The van der Waals surface area contributed by atoms with Crippen molar-refractivity contribution >= 4 is 11.6 Å². The van der Waals surface area contributed by atoms with Crippen LogP contribution in [0.25, 0.3) is 0 Å². The van der Waals surface area contributed by atoms with E-state index in [1.165, 1.54) is 12.1 Å². The van der Waals surface area contributed by atoms with Gasteiger partial charge in [-0.3, -0.25) is 0 Å². The van der Waals surface area contributed by atoms with Gasteiger partial charge >= 0.3 is 0 Å². The standard InChI is InChI=1S/C17H18ClF2N/c1-10-7-17(20)15(9-16(10)19)12(3)21-11(2)13-5-4-6-14(18)8-13/h4-9,11-12,21H,1-3H3/t11-,12?/m0/s1. The molecule has 0 saturated heterocycles. The zero-order valence-electron chi connectivity index (χ0n) is 12.3. The van der Waals surface area contributed by atoms with Crippen molar-refractivity contribution in [1.82, 2.24) is 5.32 Å². The normalized spacial score (nSPS) is 14.0. The van der Waals surface area contributed by atoms with Crippen molar-refractivity contribution in [2.24, 2.45) is 0 Å². The monoisotopic (exact) mass is 309 g/mol. The summed E-state index contributed by atoms with van der Waals surface area (Å²) in [6, 6.07) is 9.62. The molecule has 2 rings (SSSR count). The molecule has 0 heterocycles. The van der Waals surface area contributed by atoms with Crippen molar-refractivity contribution in [3.63, 3.8) is 0 Å². The Morgan fingerprint density at radius 3 is 2.38 bits per heavy atom. The highest BCUT2D eigenvalue weighted by molar-refractivity contribution is 6.30. The third-order valence-corrected chi connectivity index (χ3v) is 3.83. The van der Waals surface area contributed by atoms with Gasteiger partial charge in [0.2, 0.25) is 0 Å². The molecule has 0 spiro atoms. The Morgan fingerprint density at radius 2 is 1.71 bits per heavy atom. The molecule has 0 amide bonds. The Bertz CT molecular complexity index is 643. The van der Waals surface area contributed by atoms with Gasteiger partial charge in [0.15, 0.2) is 0 Å². The molecule has 0 fully saturated rings. The van der Waals surface area contributed by atoms with Gasteiger partial charge in [0.1, 0.15) is 11.6 Å². The minimum atomic E-state index is -0.396. The third-order valence-electron chi connectivity index (χ3n) is 3.59. The van der Waals surface area contributed by atoms with Crippen LogP contribution in [0.2, 0.25) is 5.02 Å². The lowest BCUT2D eigenvalue weighted by atomic mass is 10.0. The van der Waals surface area contributed by atoms with Crippen LogP contribution in [0.5, 0.6) is 0 Å². The molecule has 0 aliphatic heterocycles. The fourth-order valence-corrected chi connectivity index (χ4v) is 2.53. The van der Waals surface area contributed by atoms with Gasteiger partial charge in [0, 0.05) is 22.7 Å². The van der Waals surface area contributed by atoms with E-state index in [0.29, 0.717) is 16.1 Å². The first-order chi connectivity index (χ1) is 9.88. The Hall–Kier alpha value is -1.45. The van der Waals surface area contributed by atoms with Gasteiger partial charge in [0.25, 0.3) is 0 Å². The molecule has 1 nitrogen and oxygen atoms in total. The van der Waals surface area contributed by atoms with Crippen LogP contribution in [0.4, 0.5) is 8.78 Å². The Morgan fingerprint density at radius 1 is 1.00 bits per heavy atom. The van der Waals surface area contributed by atoms with Crippen LogP contribution in [0.1, 0.15) is 42.6 Å². The van der Waals surface area contributed by atoms with E-state index in [-0.39, 0.29) is 12.1 Å². The summed E-state index contributed by atoms with van der Waals surface area (Å²) >= 11 is 5.97. The van der Waals surface area contributed by atoms with Gasteiger partial charge in [-0.2, -0.15) is 0 Å². The fraction of sp³-hybridized carbons (Fsp3) is 0.294. The summed E-state index contributed by atoms with van der Waals surface area (Å²) < 4.78 is 27.6. The second-order valence-electron chi connectivity index (χ2n) is 5.29. The van der Waals surface area contributed by atoms with Gasteiger partial charge in [-0.25, -0.2) is 8.78 Å². The Labute approximate surface area is 128 Å². The van der Waals surface area contributed by atoms with Crippen molar-refractivity contribution in [2.75, 3.05) is 0 Å². The lowest BCUT2D eigenvalue weighted by Gasteiger charge is -2.21. The Kier molecular flexibility index (Phi) is 4.96. The molecule has 1 N–H and O–H groups in total. The lowest BCUT2D eigenvalue weighted by molar-refractivity contribution is 0.469. The van der Waals surface area contributed by atoms with Crippen molar-refractivity contribution in [3.05, 3.63) is 69.7 Å². The van der Waals surface area contributed by atoms with Crippen LogP contribution in [-0.4, -0.2) is 0 Å². The molecule has 0 bridgehead atoms. The molecule has 4 heteroatoms.